The van der Waals surface area contributed by atoms with Crippen molar-refractivity contribution in [2.24, 2.45) is 0 Å². The molecule has 0 saturated carbocycles. The molecule has 1 fully saturated rings. The second kappa shape index (κ2) is 8.19. The SMILES string of the molecule is CC(NC(=O)OC(C)(C)C)c1ccc(CN2CCN(C)C(C)C2)cc1. The Morgan fingerprint density at radius 1 is 1.28 bits per heavy atom. The Balaban J connectivity index is 1.87. The van der Waals surface area contributed by atoms with E-state index >= 15 is 0 Å². The molecule has 140 valence electrons. The largest absolute Gasteiger partial charge is 0.444 e. The van der Waals surface area contributed by atoms with Crippen LogP contribution in [0.15, 0.2) is 24.3 Å². The first-order valence-corrected chi connectivity index (χ1v) is 9.15. The lowest BCUT2D eigenvalue weighted by molar-refractivity contribution is 0.0508. The number of carbonyl (C=O) groups excluding carboxylic acids is 1. The van der Waals surface area contributed by atoms with Crippen LogP contribution in [-0.2, 0) is 11.3 Å². The molecule has 1 amide bonds. The van der Waals surface area contributed by atoms with Gasteiger partial charge in [-0.1, -0.05) is 24.3 Å². The number of hydrogen-bond donors (Lipinski definition) is 1. The molecule has 1 aliphatic heterocycles. The van der Waals surface area contributed by atoms with Gasteiger partial charge in [-0.15, -0.1) is 0 Å². The van der Waals surface area contributed by atoms with E-state index in [1.807, 2.05) is 27.7 Å². The quantitative estimate of drug-likeness (QED) is 0.906. The molecule has 25 heavy (non-hydrogen) atoms. The number of nitrogens with zero attached hydrogens (tertiary/aromatic N) is 2. The maximum absolute atomic E-state index is 11.9. The number of carbonyl (C=O) groups is 1. The van der Waals surface area contributed by atoms with E-state index in [0.29, 0.717) is 6.04 Å². The average molecular weight is 348 g/mol. The summed E-state index contributed by atoms with van der Waals surface area (Å²) < 4.78 is 5.31. The highest BCUT2D eigenvalue weighted by Crippen LogP contribution is 2.17. The minimum Gasteiger partial charge on any atom is -0.444 e. The fourth-order valence-electron chi connectivity index (χ4n) is 3.01. The Kier molecular flexibility index (Phi) is 6.47. The highest BCUT2D eigenvalue weighted by molar-refractivity contribution is 5.68. The predicted octanol–water partition coefficient (Wildman–Crippen LogP) is 3.41. The second-order valence-electron chi connectivity index (χ2n) is 8.17. The fourth-order valence-corrected chi connectivity index (χ4v) is 3.01. The molecule has 1 aromatic carbocycles. The maximum atomic E-state index is 11.9. The van der Waals surface area contributed by atoms with Crippen molar-refractivity contribution in [1.29, 1.82) is 0 Å². The molecule has 2 unspecified atom stereocenters. The molecule has 5 heteroatoms. The molecule has 2 atom stereocenters. The van der Waals surface area contributed by atoms with Crippen molar-refractivity contribution in [1.82, 2.24) is 15.1 Å². The Morgan fingerprint density at radius 2 is 1.92 bits per heavy atom. The lowest BCUT2D eigenvalue weighted by atomic mass is 10.1. The maximum Gasteiger partial charge on any atom is 0.408 e. The molecule has 1 aliphatic rings. The lowest BCUT2D eigenvalue weighted by Gasteiger charge is -2.37. The van der Waals surface area contributed by atoms with Gasteiger partial charge in [-0.3, -0.25) is 4.90 Å². The van der Waals surface area contributed by atoms with Crippen LogP contribution >= 0.6 is 0 Å². The summed E-state index contributed by atoms with van der Waals surface area (Å²) in [5, 5.41) is 2.89. The van der Waals surface area contributed by atoms with Crippen LogP contribution in [0.5, 0.6) is 0 Å². The van der Waals surface area contributed by atoms with Gasteiger partial charge in [0.1, 0.15) is 5.60 Å². The molecule has 2 rings (SSSR count). The van der Waals surface area contributed by atoms with Gasteiger partial charge in [-0.05, 0) is 52.8 Å². The zero-order valence-corrected chi connectivity index (χ0v) is 16.5. The third kappa shape index (κ3) is 6.33. The van der Waals surface area contributed by atoms with Crippen LogP contribution in [0.3, 0.4) is 0 Å². The number of hydrogen-bond acceptors (Lipinski definition) is 4. The van der Waals surface area contributed by atoms with Crippen LogP contribution in [-0.4, -0.2) is 54.2 Å². The van der Waals surface area contributed by atoms with E-state index in [2.05, 4.69) is 53.4 Å². The Labute approximate surface area is 152 Å². The lowest BCUT2D eigenvalue weighted by Crippen LogP contribution is -2.49. The van der Waals surface area contributed by atoms with E-state index in [9.17, 15) is 4.79 Å². The van der Waals surface area contributed by atoms with Gasteiger partial charge in [0.2, 0.25) is 0 Å². The van der Waals surface area contributed by atoms with Gasteiger partial charge in [0.25, 0.3) is 0 Å². The van der Waals surface area contributed by atoms with Crippen LogP contribution in [0.1, 0.15) is 51.8 Å². The van der Waals surface area contributed by atoms with E-state index in [-0.39, 0.29) is 12.1 Å². The van der Waals surface area contributed by atoms with Crippen molar-refractivity contribution < 1.29 is 9.53 Å². The first-order chi connectivity index (χ1) is 11.6. The molecule has 5 nitrogen and oxygen atoms in total. The number of amides is 1. The fraction of sp³-hybridized carbons (Fsp3) is 0.650. The molecule has 1 aromatic rings. The van der Waals surface area contributed by atoms with Gasteiger partial charge < -0.3 is 15.0 Å². The Bertz CT molecular complexity index is 565. The summed E-state index contributed by atoms with van der Waals surface area (Å²) in [6.07, 6.45) is -0.379. The van der Waals surface area contributed by atoms with E-state index < -0.39 is 5.60 Å². The number of nitrogens with one attached hydrogen (secondary N) is 1. The van der Waals surface area contributed by atoms with Crippen molar-refractivity contribution in [2.75, 3.05) is 26.7 Å². The van der Waals surface area contributed by atoms with Crippen LogP contribution in [0.4, 0.5) is 4.79 Å². The first kappa shape index (κ1) is 19.7. The molecular formula is C20H33N3O2. The summed E-state index contributed by atoms with van der Waals surface area (Å²) in [6.45, 7) is 14.2. The highest BCUT2D eigenvalue weighted by Gasteiger charge is 2.21. The first-order valence-electron chi connectivity index (χ1n) is 9.15. The third-order valence-electron chi connectivity index (χ3n) is 4.66. The minimum absolute atomic E-state index is 0.0763. The summed E-state index contributed by atoms with van der Waals surface area (Å²) in [6, 6.07) is 9.03. The van der Waals surface area contributed by atoms with Gasteiger partial charge in [0.05, 0.1) is 6.04 Å². The number of alkyl carbamates (subject to hydrolysis) is 1. The molecule has 0 spiro atoms. The zero-order chi connectivity index (χ0) is 18.6. The van der Waals surface area contributed by atoms with E-state index in [1.54, 1.807) is 0 Å². The number of piperazine rings is 1. The molecule has 0 aliphatic carbocycles. The van der Waals surface area contributed by atoms with Crippen LogP contribution in [0.25, 0.3) is 0 Å². The monoisotopic (exact) mass is 347 g/mol. The number of likely N-dealkylation sites (N-methyl/N-ethyl adjacent to an activating group) is 1. The third-order valence-corrected chi connectivity index (χ3v) is 4.66. The van der Waals surface area contributed by atoms with Crippen molar-refractivity contribution in [3.8, 4) is 0 Å². The van der Waals surface area contributed by atoms with Crippen LogP contribution < -0.4 is 5.32 Å². The van der Waals surface area contributed by atoms with E-state index in [1.165, 1.54) is 5.56 Å². The summed E-state index contributed by atoms with van der Waals surface area (Å²) in [4.78, 5) is 16.8. The standard InChI is InChI=1S/C20H33N3O2/c1-15-13-23(12-11-22(15)6)14-17-7-9-18(10-8-17)16(2)21-19(24)25-20(3,4)5/h7-10,15-16H,11-14H2,1-6H3,(H,21,24). The predicted molar refractivity (Wildman–Crippen MR) is 102 cm³/mol. The highest BCUT2D eigenvalue weighted by atomic mass is 16.6. The topological polar surface area (TPSA) is 44.8 Å². The van der Waals surface area contributed by atoms with Gasteiger partial charge >= 0.3 is 6.09 Å². The molecule has 0 bridgehead atoms. The number of benzene rings is 1. The Morgan fingerprint density at radius 3 is 2.48 bits per heavy atom. The molecule has 1 saturated heterocycles. The van der Waals surface area contributed by atoms with Gasteiger partial charge in [-0.25, -0.2) is 4.79 Å². The molecule has 1 N–H and O–H groups in total. The van der Waals surface area contributed by atoms with E-state index in [4.69, 9.17) is 4.74 Å². The minimum atomic E-state index is -0.479. The van der Waals surface area contributed by atoms with Crippen molar-refractivity contribution in [2.45, 2.75) is 58.8 Å². The molecule has 1 heterocycles. The summed E-state index contributed by atoms with van der Waals surface area (Å²) in [7, 11) is 2.19. The molecule has 0 aromatic heterocycles. The average Bonchev–Trinajstić information content (AvgIpc) is 2.49. The van der Waals surface area contributed by atoms with Crippen LogP contribution in [0, 0.1) is 0 Å². The summed E-state index contributed by atoms with van der Waals surface area (Å²) in [5.74, 6) is 0. The zero-order valence-electron chi connectivity index (χ0n) is 16.5. The summed E-state index contributed by atoms with van der Waals surface area (Å²) in [5.41, 5.74) is 1.92. The van der Waals surface area contributed by atoms with Crippen molar-refractivity contribution in [3.05, 3.63) is 35.4 Å². The van der Waals surface area contributed by atoms with Gasteiger partial charge in [0, 0.05) is 32.2 Å². The molecular weight excluding hydrogens is 314 g/mol. The summed E-state index contributed by atoms with van der Waals surface area (Å²) >= 11 is 0. The Hall–Kier alpha value is -1.59. The number of rotatable bonds is 4. The smallest absolute Gasteiger partial charge is 0.408 e. The van der Waals surface area contributed by atoms with Crippen molar-refractivity contribution in [3.63, 3.8) is 0 Å². The van der Waals surface area contributed by atoms with Gasteiger partial charge in [0.15, 0.2) is 0 Å². The van der Waals surface area contributed by atoms with Gasteiger partial charge in [-0.2, -0.15) is 0 Å². The number of ether oxygens (including phenoxy) is 1. The second-order valence-corrected chi connectivity index (χ2v) is 8.17. The van der Waals surface area contributed by atoms with E-state index in [0.717, 1.165) is 31.7 Å². The molecule has 0 radical (unpaired) electrons. The van der Waals surface area contributed by atoms with Crippen molar-refractivity contribution >= 4 is 6.09 Å². The van der Waals surface area contributed by atoms with Crippen LogP contribution in [0.2, 0.25) is 0 Å². The normalized spacial score (nSPS) is 21.0.